The van der Waals surface area contributed by atoms with Gasteiger partial charge in [0.25, 0.3) is 0 Å². The molecule has 0 saturated carbocycles. The number of nitrogens with zero attached hydrogens (tertiary/aromatic N) is 4. The van der Waals surface area contributed by atoms with Gasteiger partial charge in [0.05, 0.1) is 30.7 Å². The number of para-hydroxylation sites is 1. The Morgan fingerprint density at radius 1 is 0.929 bits per heavy atom. The van der Waals surface area contributed by atoms with Gasteiger partial charge in [-0.05, 0) is 49.1 Å². The summed E-state index contributed by atoms with van der Waals surface area (Å²) in [6, 6.07) is 15.4. The molecule has 0 radical (unpaired) electrons. The fraction of sp³-hybridized carbons (Fsp3) is 0.529. The van der Waals surface area contributed by atoms with Crippen LogP contribution in [0.25, 0.3) is 23.2 Å². The van der Waals surface area contributed by atoms with Gasteiger partial charge < -0.3 is 35.3 Å². The van der Waals surface area contributed by atoms with Gasteiger partial charge in [0.1, 0.15) is 0 Å². The van der Waals surface area contributed by atoms with Crippen LogP contribution in [-0.2, 0) is 17.8 Å². The molecule has 0 unspecified atom stereocenters. The molecule has 2 aromatic carbocycles. The Bertz CT molecular complexity index is 1450. The Labute approximate surface area is 250 Å². The molecular formula is C34H48N6O2. The van der Waals surface area contributed by atoms with Crippen LogP contribution in [0.3, 0.4) is 0 Å². The molecule has 3 aliphatic rings. The molecule has 1 aromatic heterocycles. The van der Waals surface area contributed by atoms with Crippen LogP contribution >= 0.6 is 0 Å². The predicted octanol–water partition coefficient (Wildman–Crippen LogP) is 1.96. The quantitative estimate of drug-likeness (QED) is 0.362. The average Bonchev–Trinajstić information content (AvgIpc) is 3.20. The van der Waals surface area contributed by atoms with Crippen LogP contribution in [0, 0.1) is 0 Å². The number of aromatic nitrogens is 1. The second-order valence-electron chi connectivity index (χ2n) is 12.1. The summed E-state index contributed by atoms with van der Waals surface area (Å²) in [6.45, 7) is 16.7. The Kier molecular flexibility index (Phi) is 9.46. The molecule has 4 heterocycles. The molecule has 0 amide bonds. The van der Waals surface area contributed by atoms with Crippen molar-refractivity contribution < 1.29 is 9.84 Å². The molecule has 3 aromatic rings. The lowest BCUT2D eigenvalue weighted by molar-refractivity contribution is 0.0367. The normalized spacial score (nSPS) is 20.6. The first-order chi connectivity index (χ1) is 20.6. The van der Waals surface area contributed by atoms with Crippen molar-refractivity contribution in [3.05, 3.63) is 64.2 Å². The largest absolute Gasteiger partial charge is 0.393 e. The van der Waals surface area contributed by atoms with Gasteiger partial charge in [-0.15, -0.1) is 0 Å². The Balaban J connectivity index is 1.32. The van der Waals surface area contributed by atoms with E-state index in [9.17, 15) is 5.11 Å². The zero-order valence-corrected chi connectivity index (χ0v) is 25.1. The smallest absolute Gasteiger partial charge is 0.0707 e. The lowest BCUT2D eigenvalue weighted by Gasteiger charge is -2.30. The highest BCUT2D eigenvalue weighted by molar-refractivity contribution is 5.90. The minimum absolute atomic E-state index is 0.130. The number of ether oxygens (including phenoxy) is 1. The van der Waals surface area contributed by atoms with Crippen LogP contribution in [0.1, 0.15) is 36.9 Å². The standard InChI is InChI=1S/C34H48N6O2/c1-26-24-27(36-12-19-38-17-10-28(41)11-18-38)8-9-29(26)33-34-31(25-35)30-6-2-3-7-32(30)40(34)16-5-15-39(33)14-4-13-37-20-22-42-23-21-37/h2-3,6-9,24,28,36,41H,1,4-5,10-23,25,35H2/b33-29+. The van der Waals surface area contributed by atoms with E-state index < -0.39 is 0 Å². The minimum Gasteiger partial charge on any atom is -0.393 e. The Morgan fingerprint density at radius 3 is 2.50 bits per heavy atom. The van der Waals surface area contributed by atoms with Gasteiger partial charge in [-0.1, -0.05) is 30.8 Å². The number of nitrogens with one attached hydrogen (secondary N) is 1. The summed E-state index contributed by atoms with van der Waals surface area (Å²) in [5, 5.41) is 16.9. The molecule has 8 heteroatoms. The molecule has 6 rings (SSSR count). The van der Waals surface area contributed by atoms with Gasteiger partial charge in [-0.25, -0.2) is 0 Å². The van der Waals surface area contributed by atoms with E-state index in [2.05, 4.69) is 73.6 Å². The molecule has 0 atom stereocenters. The molecule has 4 N–H and O–H groups in total. The third-order valence-corrected chi connectivity index (χ3v) is 9.31. The first kappa shape index (κ1) is 29.2. The third-order valence-electron chi connectivity index (χ3n) is 9.31. The maximum Gasteiger partial charge on any atom is 0.0707 e. The lowest BCUT2D eigenvalue weighted by atomic mass is 10.0. The van der Waals surface area contributed by atoms with Gasteiger partial charge in [-0.2, -0.15) is 0 Å². The third kappa shape index (κ3) is 6.38. The number of hydrogen-bond acceptors (Lipinski definition) is 7. The van der Waals surface area contributed by atoms with Crippen LogP contribution < -0.4 is 21.5 Å². The SMILES string of the molecule is C=c1cc(NCCN2CCC(O)CC2)cc/c1=C1/c2c(CN)c3ccccc3n2CCCN1CCCN1CCOCC1. The lowest BCUT2D eigenvalue weighted by Crippen LogP contribution is -2.39. The summed E-state index contributed by atoms with van der Waals surface area (Å²) in [7, 11) is 0. The maximum absolute atomic E-state index is 9.80. The summed E-state index contributed by atoms with van der Waals surface area (Å²) in [6.07, 6.45) is 3.83. The summed E-state index contributed by atoms with van der Waals surface area (Å²) in [5.74, 6) is 0. The van der Waals surface area contributed by atoms with E-state index in [1.807, 2.05) is 0 Å². The van der Waals surface area contributed by atoms with E-state index in [0.717, 1.165) is 115 Å². The molecule has 0 aliphatic carbocycles. The van der Waals surface area contributed by atoms with E-state index >= 15 is 0 Å². The number of fused-ring (bicyclic) bond motifs is 3. The van der Waals surface area contributed by atoms with Crippen molar-refractivity contribution in [3.63, 3.8) is 0 Å². The zero-order valence-electron chi connectivity index (χ0n) is 25.1. The minimum atomic E-state index is -0.130. The van der Waals surface area contributed by atoms with Crippen LogP contribution in [0.15, 0.2) is 42.5 Å². The maximum atomic E-state index is 9.80. The monoisotopic (exact) mass is 572 g/mol. The average molecular weight is 573 g/mol. The Morgan fingerprint density at radius 2 is 1.71 bits per heavy atom. The summed E-state index contributed by atoms with van der Waals surface area (Å²) in [4.78, 5) is 7.57. The number of anilines is 1. The Hall–Kier alpha value is -2.88. The topological polar surface area (TPSA) is 82.2 Å². The molecule has 8 nitrogen and oxygen atoms in total. The second kappa shape index (κ2) is 13.6. The van der Waals surface area contributed by atoms with E-state index in [-0.39, 0.29) is 6.10 Å². The van der Waals surface area contributed by atoms with Gasteiger partial charge in [0.15, 0.2) is 0 Å². The number of hydrogen-bond donors (Lipinski definition) is 3. The summed E-state index contributed by atoms with van der Waals surface area (Å²) < 4.78 is 8.08. The number of benzene rings is 2. The molecule has 226 valence electrons. The number of likely N-dealkylation sites (tertiary alicyclic amines) is 1. The van der Waals surface area contributed by atoms with Crippen molar-refractivity contribution in [1.82, 2.24) is 19.3 Å². The molecule has 0 bridgehead atoms. The van der Waals surface area contributed by atoms with Crippen molar-refractivity contribution in [2.24, 2.45) is 5.73 Å². The first-order valence-corrected chi connectivity index (χ1v) is 16.0. The molecule has 42 heavy (non-hydrogen) atoms. The summed E-state index contributed by atoms with van der Waals surface area (Å²) >= 11 is 0. The number of rotatable bonds is 9. The van der Waals surface area contributed by atoms with Gasteiger partial charge in [-0.3, -0.25) is 4.90 Å². The van der Waals surface area contributed by atoms with Crippen molar-refractivity contribution in [3.8, 4) is 0 Å². The molecule has 3 aliphatic heterocycles. The van der Waals surface area contributed by atoms with Gasteiger partial charge in [0.2, 0.25) is 0 Å². The molecule has 2 fully saturated rings. The fourth-order valence-corrected chi connectivity index (χ4v) is 7.03. The molecule has 2 saturated heterocycles. The highest BCUT2D eigenvalue weighted by Crippen LogP contribution is 2.33. The zero-order chi connectivity index (χ0) is 28.9. The van der Waals surface area contributed by atoms with E-state index in [1.165, 1.54) is 33.1 Å². The number of aliphatic hydroxyl groups excluding tert-OH is 1. The second-order valence-corrected chi connectivity index (χ2v) is 12.1. The van der Waals surface area contributed by atoms with Crippen molar-refractivity contribution in [2.75, 3.05) is 77.4 Å². The highest BCUT2D eigenvalue weighted by Gasteiger charge is 2.26. The van der Waals surface area contributed by atoms with E-state index in [4.69, 9.17) is 10.5 Å². The number of morpholine rings is 1. The van der Waals surface area contributed by atoms with Crippen LogP contribution in [-0.4, -0.2) is 103 Å². The fourth-order valence-electron chi connectivity index (χ4n) is 7.03. The van der Waals surface area contributed by atoms with E-state index in [1.54, 1.807) is 0 Å². The van der Waals surface area contributed by atoms with Crippen molar-refractivity contribution in [1.29, 1.82) is 0 Å². The van der Waals surface area contributed by atoms with Gasteiger partial charge in [0, 0.05) is 99.4 Å². The highest BCUT2D eigenvalue weighted by atomic mass is 16.5. The first-order valence-electron chi connectivity index (χ1n) is 16.0. The van der Waals surface area contributed by atoms with Crippen LogP contribution in [0.2, 0.25) is 0 Å². The molecular weight excluding hydrogens is 524 g/mol. The van der Waals surface area contributed by atoms with Crippen molar-refractivity contribution in [2.45, 2.75) is 44.9 Å². The van der Waals surface area contributed by atoms with Gasteiger partial charge >= 0.3 is 0 Å². The molecule has 0 spiro atoms. The number of aryl methyl sites for hydroxylation is 1. The number of aliphatic hydroxyl groups is 1. The van der Waals surface area contributed by atoms with Crippen LogP contribution in [0.4, 0.5) is 5.69 Å². The number of nitrogens with two attached hydrogens (primary N) is 1. The number of piperidine rings is 1. The van der Waals surface area contributed by atoms with Crippen LogP contribution in [0.5, 0.6) is 0 Å². The predicted molar refractivity (Wildman–Crippen MR) is 172 cm³/mol. The summed E-state index contributed by atoms with van der Waals surface area (Å²) in [5.41, 5.74) is 12.6. The van der Waals surface area contributed by atoms with Crippen molar-refractivity contribution >= 4 is 28.9 Å². The van der Waals surface area contributed by atoms with E-state index in [0.29, 0.717) is 6.54 Å².